The third-order valence-electron chi connectivity index (χ3n) is 2.80. The number of unbranched alkanes of at least 4 members (excludes halogenated alkanes) is 1. The van der Waals surface area contributed by atoms with Crippen molar-refractivity contribution in [1.29, 1.82) is 0 Å². The van der Waals surface area contributed by atoms with Gasteiger partial charge >= 0.3 is 0 Å². The molecule has 0 saturated heterocycles. The lowest BCUT2D eigenvalue weighted by atomic mass is 10.1. The molecule has 0 bridgehead atoms. The maximum absolute atomic E-state index is 3.59. The first kappa shape index (κ1) is 12.7. The van der Waals surface area contributed by atoms with E-state index in [2.05, 4.69) is 37.5 Å². The second kappa shape index (κ2) is 7.02. The minimum atomic E-state index is 0.671. The maximum Gasteiger partial charge on any atom is 0.00870 e. The van der Waals surface area contributed by atoms with Gasteiger partial charge in [-0.1, -0.05) is 19.8 Å². The molecule has 0 amide bonds. The van der Waals surface area contributed by atoms with E-state index in [9.17, 15) is 0 Å². The van der Waals surface area contributed by atoms with Crippen molar-refractivity contribution in [2.75, 3.05) is 6.54 Å². The molecule has 1 unspecified atom stereocenters. The second-order valence-electron chi connectivity index (χ2n) is 4.27. The summed E-state index contributed by atoms with van der Waals surface area (Å²) in [7, 11) is 0. The average molecular weight is 225 g/mol. The summed E-state index contributed by atoms with van der Waals surface area (Å²) >= 11 is 1.88. The third kappa shape index (κ3) is 4.80. The van der Waals surface area contributed by atoms with Crippen LogP contribution in [0.15, 0.2) is 11.4 Å². The van der Waals surface area contributed by atoms with Gasteiger partial charge in [-0.3, -0.25) is 0 Å². The molecule has 0 aliphatic carbocycles. The van der Waals surface area contributed by atoms with Crippen LogP contribution in [0.25, 0.3) is 0 Å². The molecule has 0 aliphatic rings. The van der Waals surface area contributed by atoms with Gasteiger partial charge in [0.2, 0.25) is 0 Å². The number of hydrogen-bond donors (Lipinski definition) is 1. The van der Waals surface area contributed by atoms with E-state index in [1.807, 2.05) is 11.3 Å². The van der Waals surface area contributed by atoms with Crippen LogP contribution in [0.1, 0.15) is 43.6 Å². The molecule has 15 heavy (non-hydrogen) atoms. The smallest absolute Gasteiger partial charge is 0.00870 e. The van der Waals surface area contributed by atoms with Crippen LogP contribution in [0.4, 0.5) is 0 Å². The van der Waals surface area contributed by atoms with Crippen molar-refractivity contribution in [3.05, 3.63) is 21.9 Å². The Balaban J connectivity index is 2.13. The second-order valence-corrected chi connectivity index (χ2v) is 5.27. The summed E-state index contributed by atoms with van der Waals surface area (Å²) in [4.78, 5) is 1.53. The highest BCUT2D eigenvalue weighted by molar-refractivity contribution is 7.10. The molecule has 1 aromatic heterocycles. The summed E-state index contributed by atoms with van der Waals surface area (Å²) in [6, 6.07) is 2.88. The fourth-order valence-corrected chi connectivity index (χ4v) is 2.61. The van der Waals surface area contributed by atoms with E-state index in [0.717, 1.165) is 6.54 Å². The Bertz CT molecular complexity index is 267. The molecule has 0 aliphatic heterocycles. The molecule has 0 radical (unpaired) electrons. The van der Waals surface area contributed by atoms with Gasteiger partial charge in [-0.25, -0.2) is 0 Å². The van der Waals surface area contributed by atoms with E-state index in [1.165, 1.54) is 36.1 Å². The summed E-state index contributed by atoms with van der Waals surface area (Å²) in [6.07, 6.45) is 5.13. The predicted octanol–water partition coefficient (Wildman–Crippen LogP) is 3.77. The van der Waals surface area contributed by atoms with Crippen LogP contribution >= 0.6 is 11.3 Å². The summed E-state index contributed by atoms with van der Waals surface area (Å²) in [6.45, 7) is 7.86. The number of rotatable bonds is 7. The van der Waals surface area contributed by atoms with E-state index in [1.54, 1.807) is 0 Å². The van der Waals surface area contributed by atoms with E-state index >= 15 is 0 Å². The van der Waals surface area contributed by atoms with Crippen molar-refractivity contribution in [1.82, 2.24) is 5.32 Å². The summed E-state index contributed by atoms with van der Waals surface area (Å²) in [5.74, 6) is 0. The molecule has 1 nitrogen and oxygen atoms in total. The minimum absolute atomic E-state index is 0.671. The van der Waals surface area contributed by atoms with Gasteiger partial charge in [0.05, 0.1) is 0 Å². The Labute approximate surface area is 97.9 Å². The zero-order chi connectivity index (χ0) is 11.1. The van der Waals surface area contributed by atoms with Crippen molar-refractivity contribution >= 4 is 11.3 Å². The van der Waals surface area contributed by atoms with Crippen LogP contribution in [-0.4, -0.2) is 12.6 Å². The SMILES string of the molecule is CCCCC(C)NCCc1sccc1C. The van der Waals surface area contributed by atoms with Crippen molar-refractivity contribution in [2.45, 2.75) is 52.5 Å². The zero-order valence-corrected chi connectivity index (χ0v) is 11.0. The first-order valence-electron chi connectivity index (χ1n) is 6.00. The highest BCUT2D eigenvalue weighted by Crippen LogP contribution is 2.15. The highest BCUT2D eigenvalue weighted by atomic mass is 32.1. The molecular formula is C13H23NS. The molecule has 0 saturated carbocycles. The molecule has 0 spiro atoms. The number of thiophene rings is 1. The van der Waals surface area contributed by atoms with Gasteiger partial charge in [0.15, 0.2) is 0 Å². The standard InChI is InChI=1S/C13H23NS/c1-4-5-6-12(3)14-9-7-13-11(2)8-10-15-13/h8,10,12,14H,4-7,9H2,1-3H3. The van der Waals surface area contributed by atoms with E-state index in [-0.39, 0.29) is 0 Å². The zero-order valence-electron chi connectivity index (χ0n) is 10.2. The summed E-state index contributed by atoms with van der Waals surface area (Å²) < 4.78 is 0. The fourth-order valence-electron chi connectivity index (χ4n) is 1.70. The van der Waals surface area contributed by atoms with Crippen LogP contribution in [0.2, 0.25) is 0 Å². The number of nitrogens with one attached hydrogen (secondary N) is 1. The van der Waals surface area contributed by atoms with Crippen LogP contribution in [0, 0.1) is 6.92 Å². The normalized spacial score (nSPS) is 13.0. The van der Waals surface area contributed by atoms with Crippen LogP contribution in [-0.2, 0) is 6.42 Å². The van der Waals surface area contributed by atoms with Gasteiger partial charge in [-0.15, -0.1) is 11.3 Å². The predicted molar refractivity (Wildman–Crippen MR) is 69.7 cm³/mol. The molecule has 1 heterocycles. The van der Waals surface area contributed by atoms with E-state index < -0.39 is 0 Å². The Morgan fingerprint density at radius 2 is 2.27 bits per heavy atom. The molecule has 0 fully saturated rings. The number of hydrogen-bond acceptors (Lipinski definition) is 2. The lowest BCUT2D eigenvalue weighted by molar-refractivity contribution is 0.499. The molecule has 86 valence electrons. The molecule has 1 aromatic rings. The molecule has 1 rings (SSSR count). The first-order valence-corrected chi connectivity index (χ1v) is 6.88. The first-order chi connectivity index (χ1) is 7.24. The summed E-state index contributed by atoms with van der Waals surface area (Å²) in [5.41, 5.74) is 1.45. The van der Waals surface area contributed by atoms with Gasteiger partial charge < -0.3 is 5.32 Å². The Kier molecular flexibility index (Phi) is 5.96. The number of aryl methyl sites for hydroxylation is 1. The largest absolute Gasteiger partial charge is 0.314 e. The molecule has 1 N–H and O–H groups in total. The van der Waals surface area contributed by atoms with E-state index in [0.29, 0.717) is 6.04 Å². The van der Waals surface area contributed by atoms with E-state index in [4.69, 9.17) is 0 Å². The van der Waals surface area contributed by atoms with Crippen molar-refractivity contribution in [3.63, 3.8) is 0 Å². The van der Waals surface area contributed by atoms with Gasteiger partial charge in [0.25, 0.3) is 0 Å². The van der Waals surface area contributed by atoms with Gasteiger partial charge in [0, 0.05) is 17.5 Å². The average Bonchev–Trinajstić information content (AvgIpc) is 2.61. The van der Waals surface area contributed by atoms with Gasteiger partial charge in [0.1, 0.15) is 0 Å². The van der Waals surface area contributed by atoms with Crippen molar-refractivity contribution < 1.29 is 0 Å². The molecule has 0 aromatic carbocycles. The fraction of sp³-hybridized carbons (Fsp3) is 0.692. The van der Waals surface area contributed by atoms with Gasteiger partial charge in [-0.05, 0) is 43.7 Å². The lowest BCUT2D eigenvalue weighted by Crippen LogP contribution is -2.27. The van der Waals surface area contributed by atoms with Crippen LogP contribution < -0.4 is 5.32 Å². The van der Waals surface area contributed by atoms with Crippen LogP contribution in [0.3, 0.4) is 0 Å². The third-order valence-corrected chi connectivity index (χ3v) is 3.89. The van der Waals surface area contributed by atoms with Gasteiger partial charge in [-0.2, -0.15) is 0 Å². The quantitative estimate of drug-likeness (QED) is 0.745. The topological polar surface area (TPSA) is 12.0 Å². The Hall–Kier alpha value is -0.340. The van der Waals surface area contributed by atoms with Crippen LogP contribution in [0.5, 0.6) is 0 Å². The monoisotopic (exact) mass is 225 g/mol. The Morgan fingerprint density at radius 3 is 2.87 bits per heavy atom. The Morgan fingerprint density at radius 1 is 1.47 bits per heavy atom. The lowest BCUT2D eigenvalue weighted by Gasteiger charge is -2.12. The van der Waals surface area contributed by atoms with Crippen molar-refractivity contribution in [2.24, 2.45) is 0 Å². The van der Waals surface area contributed by atoms with Crippen molar-refractivity contribution in [3.8, 4) is 0 Å². The highest BCUT2D eigenvalue weighted by Gasteiger charge is 2.02. The maximum atomic E-state index is 3.59. The molecule has 1 atom stereocenters. The minimum Gasteiger partial charge on any atom is -0.314 e. The molecular weight excluding hydrogens is 202 g/mol. The molecule has 2 heteroatoms. The summed E-state index contributed by atoms with van der Waals surface area (Å²) in [5, 5.41) is 5.78.